The van der Waals surface area contributed by atoms with Crippen LogP contribution in [-0.2, 0) is 14.9 Å². The third-order valence-electron chi connectivity index (χ3n) is 1.02. The largest absolute Gasteiger partial charge is 2.00 e. The minimum atomic E-state index is -3.72. The Morgan fingerprint density at radius 2 is 1.86 bits per heavy atom. The zero-order chi connectivity index (χ0) is 10.6. The van der Waals surface area contributed by atoms with Gasteiger partial charge in [0.05, 0.1) is 11.4 Å². The van der Waals surface area contributed by atoms with E-state index in [1.807, 2.05) is 0 Å². The van der Waals surface area contributed by atoms with E-state index in [-0.39, 0.29) is 58.2 Å². The molecule has 14 heavy (non-hydrogen) atoms. The fraction of sp³-hybridized carbons (Fsp3) is 0.571. The van der Waals surface area contributed by atoms with Crippen molar-refractivity contribution in [2.75, 3.05) is 5.75 Å². The van der Waals surface area contributed by atoms with Crippen LogP contribution in [0.25, 0.3) is 0 Å². The molecule has 5 nitrogen and oxygen atoms in total. The van der Waals surface area contributed by atoms with Gasteiger partial charge < -0.3 is 8.17 Å². The van der Waals surface area contributed by atoms with Crippen LogP contribution in [0.1, 0.15) is 16.7 Å². The van der Waals surface area contributed by atoms with Crippen molar-refractivity contribution in [2.45, 2.75) is 13.8 Å². The Morgan fingerprint density at radius 3 is 1.86 bits per heavy atom. The van der Waals surface area contributed by atoms with Crippen molar-refractivity contribution in [1.29, 1.82) is 0 Å². The van der Waals surface area contributed by atoms with Crippen molar-refractivity contribution < 1.29 is 20.6 Å². The third kappa shape index (κ3) is 12.4. The van der Waals surface area contributed by atoms with Gasteiger partial charge in [-0.05, 0) is 5.92 Å². The molecule has 0 spiro atoms. The molecule has 2 N–H and O–H groups in total. The summed E-state index contributed by atoms with van der Waals surface area (Å²) in [4.78, 5) is 9.68. The van der Waals surface area contributed by atoms with Gasteiger partial charge in [-0.1, -0.05) is 20.4 Å². The number of rotatable bonds is 2. The van der Waals surface area contributed by atoms with Crippen LogP contribution < -0.4 is 5.32 Å². The molecule has 1 fully saturated rings. The summed E-state index contributed by atoms with van der Waals surface area (Å²) in [5.74, 6) is -0.164. The summed E-state index contributed by atoms with van der Waals surface area (Å²) in [5, 5.41) is 2.36. The Balaban J connectivity index is -0.0000000798. The van der Waals surface area contributed by atoms with Crippen LogP contribution in [0.5, 0.6) is 0 Å². The molecule has 0 saturated carbocycles. The van der Waals surface area contributed by atoms with Gasteiger partial charge >= 0.3 is 37.7 Å². The van der Waals surface area contributed by atoms with Gasteiger partial charge in [0.2, 0.25) is 0 Å². The monoisotopic (exact) mass is 249 g/mol. The first kappa shape index (κ1) is 16.8. The molecule has 0 unspecified atom stereocenters. The Kier molecular flexibility index (Phi) is 8.14. The zero-order valence-electron chi connectivity index (χ0n) is 10.3. The van der Waals surface area contributed by atoms with Crippen LogP contribution in [0, 0.1) is 5.92 Å². The van der Waals surface area contributed by atoms with E-state index in [0.29, 0.717) is 5.70 Å². The summed E-state index contributed by atoms with van der Waals surface area (Å²) >= 11 is 0. The zero-order valence-corrected chi connectivity index (χ0v) is 11.3. The van der Waals surface area contributed by atoms with Crippen LogP contribution in [0.4, 0.5) is 0 Å². The van der Waals surface area contributed by atoms with Crippen molar-refractivity contribution in [2.24, 2.45) is 5.92 Å². The molecular weight excluding hydrogens is 234 g/mol. The molecule has 80 valence electrons. The molecule has 0 radical (unpaired) electrons. The van der Waals surface area contributed by atoms with E-state index in [0.717, 1.165) is 0 Å². The number of carbonyl (C=O) groups is 1. The molecule has 0 bridgehead atoms. The van der Waals surface area contributed by atoms with Crippen LogP contribution >= 0.6 is 0 Å². The Labute approximate surface area is 117 Å². The van der Waals surface area contributed by atoms with Crippen molar-refractivity contribution >= 4 is 53.8 Å². The van der Waals surface area contributed by atoms with Gasteiger partial charge in [0.15, 0.2) is 0 Å². The summed E-state index contributed by atoms with van der Waals surface area (Å²) in [7, 11) is -3.72. The van der Waals surface area contributed by atoms with Crippen LogP contribution in [0.3, 0.4) is 0 Å². The third-order valence-corrected chi connectivity index (χ3v) is 2.11. The van der Waals surface area contributed by atoms with Crippen molar-refractivity contribution in [3.63, 3.8) is 0 Å². The van der Waals surface area contributed by atoms with E-state index in [4.69, 9.17) is 4.55 Å². The summed E-state index contributed by atoms with van der Waals surface area (Å²) in [6.07, 6.45) is 0. The molecule has 1 aliphatic rings. The molecule has 1 heterocycles. The topological polar surface area (TPSA) is 93.4 Å². The van der Waals surface area contributed by atoms with Gasteiger partial charge in [-0.2, -0.15) is 8.42 Å². The van der Waals surface area contributed by atoms with Crippen molar-refractivity contribution in [3.8, 4) is 0 Å². The normalized spacial score (nSPS) is 13.7. The predicted molar refractivity (Wildman–Crippen MR) is 56.5 cm³/mol. The van der Waals surface area contributed by atoms with E-state index in [1.54, 1.807) is 13.8 Å². The quantitative estimate of drug-likeness (QED) is 0.312. The number of hydrogen-bond acceptors (Lipinski definition) is 3. The predicted octanol–water partition coefficient (Wildman–Crippen LogP) is 0.00430. The minimum Gasteiger partial charge on any atom is -1.00 e. The summed E-state index contributed by atoms with van der Waals surface area (Å²) in [6.45, 7) is 6.75. The van der Waals surface area contributed by atoms with Crippen molar-refractivity contribution in [1.82, 2.24) is 5.32 Å². The molecule has 7 heteroatoms. The van der Waals surface area contributed by atoms with Crippen molar-refractivity contribution in [3.05, 3.63) is 12.3 Å². The van der Waals surface area contributed by atoms with Gasteiger partial charge in [-0.3, -0.25) is 9.35 Å². The fourth-order valence-electron chi connectivity index (χ4n) is 0.527. The Morgan fingerprint density at radius 1 is 1.57 bits per heavy atom. The fourth-order valence-corrected chi connectivity index (χ4v) is 1.37. The van der Waals surface area contributed by atoms with Gasteiger partial charge in [0.25, 0.3) is 16.0 Å². The standard InChI is InChI=1S/C4H10O3S.C3H3NO.Ca.2H/c1-4(2)3-8(5,6)7;1-2-3(5)4-2;;;/h4H,3H2,1-2H3,(H,5,6,7);1H2,(H,4,5);;;/q;;+2;2*-1. The van der Waals surface area contributed by atoms with E-state index in [2.05, 4.69) is 11.9 Å². The Hall–Kier alpha value is 0.380. The number of amides is 1. The maximum absolute atomic E-state index is 10.00. The van der Waals surface area contributed by atoms with Crippen LogP contribution in [0.15, 0.2) is 12.3 Å². The van der Waals surface area contributed by atoms with E-state index >= 15 is 0 Å². The number of nitrogens with one attached hydrogen (secondary N) is 1. The molecule has 1 amide bonds. The second-order valence-electron chi connectivity index (χ2n) is 3.08. The molecule has 1 saturated heterocycles. The van der Waals surface area contributed by atoms with Gasteiger partial charge in [0, 0.05) is 0 Å². The maximum atomic E-state index is 10.00. The summed E-state index contributed by atoms with van der Waals surface area (Å²) in [6, 6.07) is 0. The average Bonchev–Trinajstić information content (AvgIpc) is 2.38. The molecule has 0 aromatic heterocycles. The Bertz CT molecular complexity index is 306. The second-order valence-corrected chi connectivity index (χ2v) is 4.57. The van der Waals surface area contributed by atoms with Gasteiger partial charge in [-0.25, -0.2) is 0 Å². The number of hydrogen-bond donors (Lipinski definition) is 2. The molecule has 0 aromatic carbocycles. The molecule has 1 rings (SSSR count). The maximum Gasteiger partial charge on any atom is 2.00 e. The van der Waals surface area contributed by atoms with Crippen LogP contribution in [0.2, 0.25) is 0 Å². The molecule has 0 aromatic rings. The smallest absolute Gasteiger partial charge is 1.00 e. The van der Waals surface area contributed by atoms with Gasteiger partial charge in [-0.15, -0.1) is 0 Å². The molecular formula is C7H15CaNO4S. The summed E-state index contributed by atoms with van der Waals surface area (Å²) < 4.78 is 28.2. The first-order valence-corrected chi connectivity index (χ1v) is 5.28. The van der Waals surface area contributed by atoms with E-state index < -0.39 is 10.1 Å². The first-order chi connectivity index (χ1) is 5.72. The van der Waals surface area contributed by atoms with Crippen LogP contribution in [-0.4, -0.2) is 62.4 Å². The number of carbonyl (C=O) groups excluding carboxylic acids is 1. The first-order valence-electron chi connectivity index (χ1n) is 3.68. The van der Waals surface area contributed by atoms with Gasteiger partial charge in [0.1, 0.15) is 0 Å². The molecule has 0 atom stereocenters. The molecule has 0 aliphatic carbocycles. The minimum absolute atomic E-state index is 0. The molecule has 1 aliphatic heterocycles. The summed E-state index contributed by atoms with van der Waals surface area (Å²) in [5.41, 5.74) is 0.532. The second kappa shape index (κ2) is 6.79. The van der Waals surface area contributed by atoms with E-state index in [9.17, 15) is 13.2 Å². The average molecular weight is 249 g/mol. The van der Waals surface area contributed by atoms with E-state index in [1.165, 1.54) is 0 Å². The SMILES string of the molecule is C=C1NC1=O.CC(C)CS(=O)(=O)O.[Ca+2].[H-].[H-].